The van der Waals surface area contributed by atoms with Crippen LogP contribution in [0.4, 0.5) is 0 Å². The molecule has 1 heterocycles. The minimum Gasteiger partial charge on any atom is -0.481 e. The summed E-state index contributed by atoms with van der Waals surface area (Å²) < 4.78 is 0. The molecule has 4 heteroatoms. The molecule has 0 aromatic carbocycles. The highest BCUT2D eigenvalue weighted by molar-refractivity contribution is 5.84. The van der Waals surface area contributed by atoms with E-state index in [9.17, 15) is 14.7 Å². The lowest BCUT2D eigenvalue weighted by atomic mass is 9.73. The largest absolute Gasteiger partial charge is 0.481 e. The number of hydrogen-bond acceptors (Lipinski definition) is 3. The van der Waals surface area contributed by atoms with Crippen LogP contribution in [-0.4, -0.2) is 40.4 Å². The molecule has 3 atom stereocenters. The zero-order valence-corrected chi connectivity index (χ0v) is 12.1. The number of nitrogens with zero attached hydrogens (tertiary/aromatic N) is 1. The second-order valence-corrected chi connectivity index (χ2v) is 5.81. The molecule has 1 rings (SSSR count). The number of Topliss-reactive ketones (excluding diaryl/α,β-unsaturated/α-hetero) is 1. The minimum atomic E-state index is -0.890. The molecule has 1 fully saturated rings. The lowest BCUT2D eigenvalue weighted by molar-refractivity contribution is -0.156. The van der Waals surface area contributed by atoms with E-state index in [0.29, 0.717) is 6.42 Å². The number of carboxylic acids is 1. The molecule has 104 valence electrons. The standard InChI is InChI=1S/C14H25NO3/c1-6-10-9(3)11(16)8-12(15(10)7-2)14(4,5)13(17)18/h9-10,12H,6-8H2,1-5H3,(H,17,18). The van der Waals surface area contributed by atoms with E-state index in [1.54, 1.807) is 13.8 Å². The number of carbonyl (C=O) groups excluding carboxylic acids is 1. The van der Waals surface area contributed by atoms with E-state index in [0.717, 1.165) is 13.0 Å². The van der Waals surface area contributed by atoms with Gasteiger partial charge in [0.2, 0.25) is 0 Å². The van der Waals surface area contributed by atoms with Crippen molar-refractivity contribution < 1.29 is 14.7 Å². The molecule has 1 N–H and O–H groups in total. The molecule has 0 aromatic rings. The molecule has 0 aliphatic carbocycles. The molecular weight excluding hydrogens is 230 g/mol. The zero-order valence-electron chi connectivity index (χ0n) is 12.1. The van der Waals surface area contributed by atoms with Gasteiger partial charge in [0.1, 0.15) is 5.78 Å². The van der Waals surface area contributed by atoms with Crippen LogP contribution in [0.15, 0.2) is 0 Å². The second-order valence-electron chi connectivity index (χ2n) is 5.81. The summed E-state index contributed by atoms with van der Waals surface area (Å²) in [6.45, 7) is 10.3. The van der Waals surface area contributed by atoms with E-state index in [2.05, 4.69) is 11.8 Å². The van der Waals surface area contributed by atoms with Gasteiger partial charge in [-0.25, -0.2) is 0 Å². The van der Waals surface area contributed by atoms with E-state index >= 15 is 0 Å². The molecule has 3 unspecified atom stereocenters. The number of ketones is 1. The van der Waals surface area contributed by atoms with Crippen LogP contribution in [-0.2, 0) is 9.59 Å². The first-order chi connectivity index (χ1) is 8.27. The van der Waals surface area contributed by atoms with Crippen molar-refractivity contribution in [2.75, 3.05) is 6.54 Å². The van der Waals surface area contributed by atoms with Gasteiger partial charge in [-0.1, -0.05) is 20.8 Å². The van der Waals surface area contributed by atoms with Gasteiger partial charge in [0.25, 0.3) is 0 Å². The van der Waals surface area contributed by atoms with E-state index in [1.807, 2.05) is 13.8 Å². The normalized spacial score (nSPS) is 30.5. The molecule has 0 spiro atoms. The van der Waals surface area contributed by atoms with E-state index in [-0.39, 0.29) is 23.8 Å². The van der Waals surface area contributed by atoms with Crippen LogP contribution in [0, 0.1) is 11.3 Å². The number of carboxylic acid groups (broad SMARTS) is 1. The van der Waals surface area contributed by atoms with Crippen LogP contribution < -0.4 is 0 Å². The van der Waals surface area contributed by atoms with Gasteiger partial charge in [0, 0.05) is 24.4 Å². The number of rotatable bonds is 4. The quantitative estimate of drug-likeness (QED) is 0.836. The van der Waals surface area contributed by atoms with Gasteiger partial charge in [0.05, 0.1) is 5.41 Å². The molecule has 0 aromatic heterocycles. The first-order valence-corrected chi connectivity index (χ1v) is 6.79. The van der Waals surface area contributed by atoms with E-state index in [1.165, 1.54) is 0 Å². The summed E-state index contributed by atoms with van der Waals surface area (Å²) in [4.78, 5) is 25.7. The molecule has 1 saturated heterocycles. The Morgan fingerprint density at radius 2 is 2.00 bits per heavy atom. The molecule has 0 bridgehead atoms. The predicted molar refractivity (Wildman–Crippen MR) is 70.5 cm³/mol. The number of carbonyl (C=O) groups is 2. The average Bonchev–Trinajstić information content (AvgIpc) is 2.31. The molecular formula is C14H25NO3. The van der Waals surface area contributed by atoms with Gasteiger partial charge in [-0.3, -0.25) is 14.5 Å². The molecule has 1 aliphatic heterocycles. The van der Waals surface area contributed by atoms with Crippen molar-refractivity contribution in [3.8, 4) is 0 Å². The van der Waals surface area contributed by atoms with Crippen molar-refractivity contribution >= 4 is 11.8 Å². The Kier molecular flexibility index (Phi) is 4.54. The average molecular weight is 255 g/mol. The first-order valence-electron chi connectivity index (χ1n) is 6.79. The predicted octanol–water partition coefficient (Wildman–Crippen LogP) is 2.18. The first kappa shape index (κ1) is 15.2. The number of aliphatic carboxylic acids is 1. The fraction of sp³-hybridized carbons (Fsp3) is 0.857. The van der Waals surface area contributed by atoms with Crippen molar-refractivity contribution in [1.82, 2.24) is 4.90 Å². The van der Waals surface area contributed by atoms with Gasteiger partial charge in [-0.2, -0.15) is 0 Å². The molecule has 18 heavy (non-hydrogen) atoms. The van der Waals surface area contributed by atoms with Gasteiger partial charge < -0.3 is 5.11 Å². The van der Waals surface area contributed by atoms with Gasteiger partial charge in [-0.05, 0) is 26.8 Å². The summed E-state index contributed by atoms with van der Waals surface area (Å²) in [7, 11) is 0. The Bertz CT molecular complexity index is 338. The molecule has 0 amide bonds. The van der Waals surface area contributed by atoms with Crippen molar-refractivity contribution in [2.24, 2.45) is 11.3 Å². The Hall–Kier alpha value is -0.900. The molecule has 0 radical (unpaired) electrons. The van der Waals surface area contributed by atoms with E-state index < -0.39 is 11.4 Å². The SMILES string of the molecule is CCC1C(C)C(=O)CC(C(C)(C)C(=O)O)N1CC. The summed E-state index contributed by atoms with van der Waals surface area (Å²) in [5, 5.41) is 9.38. The Balaban J connectivity index is 3.10. The van der Waals surface area contributed by atoms with Crippen LogP contribution in [0.1, 0.15) is 47.5 Å². The van der Waals surface area contributed by atoms with Crippen LogP contribution in [0.2, 0.25) is 0 Å². The fourth-order valence-electron chi connectivity index (χ4n) is 3.08. The minimum absolute atomic E-state index is 0.01000. The second kappa shape index (κ2) is 5.39. The summed E-state index contributed by atoms with van der Waals surface area (Å²) >= 11 is 0. The number of hydrogen-bond donors (Lipinski definition) is 1. The lowest BCUT2D eigenvalue weighted by Gasteiger charge is -2.48. The van der Waals surface area contributed by atoms with Crippen LogP contribution in [0.3, 0.4) is 0 Å². The summed E-state index contributed by atoms with van der Waals surface area (Å²) in [5.74, 6) is -0.621. The van der Waals surface area contributed by atoms with E-state index in [4.69, 9.17) is 0 Å². The van der Waals surface area contributed by atoms with Crippen LogP contribution >= 0.6 is 0 Å². The lowest BCUT2D eigenvalue weighted by Crippen LogP contribution is -2.60. The van der Waals surface area contributed by atoms with Gasteiger partial charge >= 0.3 is 5.97 Å². The molecule has 0 saturated carbocycles. The third-order valence-electron chi connectivity index (χ3n) is 4.47. The zero-order chi connectivity index (χ0) is 14.1. The highest BCUT2D eigenvalue weighted by Crippen LogP contribution is 2.36. The maximum atomic E-state index is 12.1. The molecule has 4 nitrogen and oxygen atoms in total. The topological polar surface area (TPSA) is 57.6 Å². The third-order valence-corrected chi connectivity index (χ3v) is 4.47. The maximum Gasteiger partial charge on any atom is 0.310 e. The molecule has 1 aliphatic rings. The van der Waals surface area contributed by atoms with Gasteiger partial charge in [0.15, 0.2) is 0 Å². The van der Waals surface area contributed by atoms with Crippen molar-refractivity contribution in [2.45, 2.75) is 59.5 Å². The summed E-state index contributed by atoms with van der Waals surface area (Å²) in [6.07, 6.45) is 1.23. The fourth-order valence-corrected chi connectivity index (χ4v) is 3.08. The number of piperidine rings is 1. The monoisotopic (exact) mass is 255 g/mol. The van der Waals surface area contributed by atoms with Crippen LogP contribution in [0.25, 0.3) is 0 Å². The maximum absolute atomic E-state index is 12.1. The van der Waals surface area contributed by atoms with Crippen molar-refractivity contribution in [3.63, 3.8) is 0 Å². The summed E-state index contributed by atoms with van der Waals surface area (Å²) in [6, 6.07) is -0.0338. The smallest absolute Gasteiger partial charge is 0.310 e. The van der Waals surface area contributed by atoms with Gasteiger partial charge in [-0.15, -0.1) is 0 Å². The van der Waals surface area contributed by atoms with Crippen molar-refractivity contribution in [1.29, 1.82) is 0 Å². The highest BCUT2D eigenvalue weighted by Gasteiger charge is 2.47. The highest BCUT2D eigenvalue weighted by atomic mass is 16.4. The summed E-state index contributed by atoms with van der Waals surface area (Å²) in [5.41, 5.74) is -0.890. The Morgan fingerprint density at radius 1 is 1.44 bits per heavy atom. The Labute approximate surface area is 109 Å². The third kappa shape index (κ3) is 2.44. The van der Waals surface area contributed by atoms with Crippen molar-refractivity contribution in [3.05, 3.63) is 0 Å². The van der Waals surface area contributed by atoms with Crippen LogP contribution in [0.5, 0.6) is 0 Å². The Morgan fingerprint density at radius 3 is 2.39 bits per heavy atom. The number of likely N-dealkylation sites (tertiary alicyclic amines) is 1.